The minimum Gasteiger partial charge on any atom is -0.393 e. The fraction of sp³-hybridized carbons (Fsp3) is 0.909. The van der Waals surface area contributed by atoms with Gasteiger partial charge in [-0.15, -0.1) is 0 Å². The molecular formula is C11H19NO2. The van der Waals surface area contributed by atoms with Gasteiger partial charge in [0.25, 0.3) is 0 Å². The van der Waals surface area contributed by atoms with Gasteiger partial charge in [-0.3, -0.25) is 9.69 Å². The molecule has 2 aliphatic heterocycles. The first-order chi connectivity index (χ1) is 6.61. The summed E-state index contributed by atoms with van der Waals surface area (Å²) in [6, 6.07) is 0.728. The Morgan fingerprint density at radius 2 is 2.21 bits per heavy atom. The number of aliphatic hydroxyl groups is 1. The molecule has 0 saturated carbocycles. The molecule has 0 radical (unpaired) electrons. The highest BCUT2D eigenvalue weighted by Crippen LogP contribution is 2.35. The van der Waals surface area contributed by atoms with E-state index in [9.17, 15) is 9.90 Å². The molecule has 14 heavy (non-hydrogen) atoms. The lowest BCUT2D eigenvalue weighted by atomic mass is 9.75. The largest absolute Gasteiger partial charge is 0.393 e. The number of nitrogens with zero attached hydrogens (tertiary/aromatic N) is 1. The quantitative estimate of drug-likeness (QED) is 0.676. The normalized spacial score (nSPS) is 41.1. The van der Waals surface area contributed by atoms with Crippen molar-refractivity contribution >= 4 is 5.78 Å². The van der Waals surface area contributed by atoms with Crippen molar-refractivity contribution in [3.63, 3.8) is 0 Å². The lowest BCUT2D eigenvalue weighted by molar-refractivity contribution is -0.138. The van der Waals surface area contributed by atoms with Crippen molar-refractivity contribution in [2.45, 2.75) is 50.8 Å². The van der Waals surface area contributed by atoms with Crippen LogP contribution in [0.5, 0.6) is 0 Å². The molecule has 0 aliphatic carbocycles. The van der Waals surface area contributed by atoms with E-state index in [2.05, 4.69) is 11.9 Å². The molecule has 80 valence electrons. The number of aliphatic hydroxyl groups excluding tert-OH is 1. The van der Waals surface area contributed by atoms with Gasteiger partial charge in [0.1, 0.15) is 5.78 Å². The number of piperidine rings is 2. The van der Waals surface area contributed by atoms with E-state index in [-0.39, 0.29) is 17.7 Å². The standard InChI is InChI=1S/C11H19NO2/c1-7(13)11-9-5-3-4-8(12(9)2)6-10(11)14/h7-9,11,13H,3-6H2,1-2H3/t7-,8-,9+,11+/m1/s1. The molecule has 2 rings (SSSR count). The van der Waals surface area contributed by atoms with E-state index >= 15 is 0 Å². The van der Waals surface area contributed by atoms with E-state index < -0.39 is 6.10 Å². The second-order valence-electron chi connectivity index (χ2n) is 4.75. The maximum Gasteiger partial charge on any atom is 0.141 e. The Morgan fingerprint density at radius 3 is 2.86 bits per heavy atom. The molecular weight excluding hydrogens is 178 g/mol. The lowest BCUT2D eigenvalue weighted by Gasteiger charge is -2.48. The summed E-state index contributed by atoms with van der Waals surface area (Å²) in [6.07, 6.45) is 3.56. The molecule has 1 N–H and O–H groups in total. The Balaban J connectivity index is 2.21. The molecule has 0 spiro atoms. The molecule has 4 atom stereocenters. The molecule has 0 aromatic carbocycles. The smallest absolute Gasteiger partial charge is 0.141 e. The van der Waals surface area contributed by atoms with Gasteiger partial charge in [-0.25, -0.2) is 0 Å². The highest BCUT2D eigenvalue weighted by molar-refractivity contribution is 5.83. The van der Waals surface area contributed by atoms with Gasteiger partial charge in [0.05, 0.1) is 12.0 Å². The zero-order valence-corrected chi connectivity index (χ0v) is 8.94. The van der Waals surface area contributed by atoms with Crippen LogP contribution < -0.4 is 0 Å². The Labute approximate surface area is 85.1 Å². The topological polar surface area (TPSA) is 40.5 Å². The van der Waals surface area contributed by atoms with Gasteiger partial charge in [-0.05, 0) is 26.8 Å². The third-order valence-corrected chi connectivity index (χ3v) is 3.88. The third kappa shape index (κ3) is 1.48. The predicted molar refractivity (Wildman–Crippen MR) is 54.0 cm³/mol. The van der Waals surface area contributed by atoms with Gasteiger partial charge in [0, 0.05) is 18.5 Å². The molecule has 0 aromatic rings. The minimum absolute atomic E-state index is 0.142. The molecule has 0 amide bonds. The van der Waals surface area contributed by atoms with Crippen LogP contribution >= 0.6 is 0 Å². The highest BCUT2D eigenvalue weighted by atomic mass is 16.3. The van der Waals surface area contributed by atoms with E-state index in [0.717, 1.165) is 12.8 Å². The number of ketones is 1. The average molecular weight is 197 g/mol. The SMILES string of the molecule is C[C@@H](O)[C@@H]1C(=O)C[C@H]2CCC[C@@H]1N2C. The summed E-state index contributed by atoms with van der Waals surface area (Å²) in [5.74, 6) is 0.129. The van der Waals surface area contributed by atoms with Crippen LogP contribution in [0.4, 0.5) is 0 Å². The van der Waals surface area contributed by atoms with Crippen LogP contribution in [-0.2, 0) is 4.79 Å². The van der Waals surface area contributed by atoms with Crippen LogP contribution in [0.15, 0.2) is 0 Å². The zero-order valence-electron chi connectivity index (χ0n) is 8.94. The summed E-state index contributed by atoms with van der Waals surface area (Å²) in [7, 11) is 2.09. The van der Waals surface area contributed by atoms with Gasteiger partial charge < -0.3 is 5.11 Å². The molecule has 2 heterocycles. The monoisotopic (exact) mass is 197 g/mol. The first kappa shape index (κ1) is 10.1. The van der Waals surface area contributed by atoms with E-state index in [0.29, 0.717) is 12.5 Å². The maximum atomic E-state index is 11.8. The molecule has 3 heteroatoms. The summed E-state index contributed by atoms with van der Waals surface area (Å²) in [5.41, 5.74) is 0. The van der Waals surface area contributed by atoms with Crippen molar-refractivity contribution in [2.75, 3.05) is 7.05 Å². The molecule has 2 bridgehead atoms. The van der Waals surface area contributed by atoms with Gasteiger partial charge in [-0.1, -0.05) is 6.42 Å². The van der Waals surface area contributed by atoms with E-state index in [1.807, 2.05) is 0 Å². The zero-order chi connectivity index (χ0) is 10.3. The summed E-state index contributed by atoms with van der Waals surface area (Å²) in [4.78, 5) is 14.1. The Hall–Kier alpha value is -0.410. The number of carbonyl (C=O) groups is 1. The second-order valence-corrected chi connectivity index (χ2v) is 4.75. The van der Waals surface area contributed by atoms with Crippen molar-refractivity contribution in [3.05, 3.63) is 0 Å². The van der Waals surface area contributed by atoms with Crippen LogP contribution in [0.1, 0.15) is 32.6 Å². The number of carbonyl (C=O) groups excluding carboxylic acids is 1. The van der Waals surface area contributed by atoms with E-state index in [4.69, 9.17) is 0 Å². The number of fused-ring (bicyclic) bond motifs is 2. The van der Waals surface area contributed by atoms with Crippen LogP contribution in [-0.4, -0.2) is 41.0 Å². The molecule has 3 nitrogen and oxygen atoms in total. The first-order valence-corrected chi connectivity index (χ1v) is 5.54. The van der Waals surface area contributed by atoms with Crippen LogP contribution in [0.2, 0.25) is 0 Å². The molecule has 0 unspecified atom stereocenters. The van der Waals surface area contributed by atoms with Crippen molar-refractivity contribution in [2.24, 2.45) is 5.92 Å². The van der Waals surface area contributed by atoms with Crippen molar-refractivity contribution in [1.82, 2.24) is 4.90 Å². The minimum atomic E-state index is -0.492. The second kappa shape index (κ2) is 3.63. The van der Waals surface area contributed by atoms with Gasteiger partial charge in [0.2, 0.25) is 0 Å². The maximum absolute atomic E-state index is 11.8. The van der Waals surface area contributed by atoms with Gasteiger partial charge in [0.15, 0.2) is 0 Å². The number of hydrogen-bond acceptors (Lipinski definition) is 3. The van der Waals surface area contributed by atoms with E-state index in [1.54, 1.807) is 6.92 Å². The highest BCUT2D eigenvalue weighted by Gasteiger charge is 2.44. The van der Waals surface area contributed by atoms with E-state index in [1.165, 1.54) is 6.42 Å². The van der Waals surface area contributed by atoms with Crippen LogP contribution in [0.25, 0.3) is 0 Å². The summed E-state index contributed by atoms with van der Waals surface area (Å²) in [6.45, 7) is 1.74. The summed E-state index contributed by atoms with van der Waals surface area (Å²) < 4.78 is 0. The Bertz CT molecular complexity index is 239. The predicted octanol–water partition coefficient (Wildman–Crippen LogP) is 0.809. The Morgan fingerprint density at radius 1 is 1.50 bits per heavy atom. The fourth-order valence-electron chi connectivity index (χ4n) is 3.09. The number of hydrogen-bond donors (Lipinski definition) is 1. The van der Waals surface area contributed by atoms with Crippen molar-refractivity contribution in [1.29, 1.82) is 0 Å². The first-order valence-electron chi connectivity index (χ1n) is 5.54. The van der Waals surface area contributed by atoms with Crippen molar-refractivity contribution in [3.8, 4) is 0 Å². The van der Waals surface area contributed by atoms with Gasteiger partial charge in [-0.2, -0.15) is 0 Å². The fourth-order valence-corrected chi connectivity index (χ4v) is 3.09. The molecule has 2 fully saturated rings. The molecule has 2 aliphatic rings. The Kier molecular flexibility index (Phi) is 2.62. The molecule has 0 aromatic heterocycles. The van der Waals surface area contributed by atoms with Crippen molar-refractivity contribution < 1.29 is 9.90 Å². The number of Topliss-reactive ketones (excluding diaryl/α,β-unsaturated/α-hetero) is 1. The lowest BCUT2D eigenvalue weighted by Crippen LogP contribution is -2.57. The summed E-state index contributed by atoms with van der Waals surface area (Å²) in [5, 5.41) is 9.63. The van der Waals surface area contributed by atoms with Crippen LogP contribution in [0, 0.1) is 5.92 Å². The van der Waals surface area contributed by atoms with Crippen LogP contribution in [0.3, 0.4) is 0 Å². The number of rotatable bonds is 1. The molecule has 2 saturated heterocycles. The van der Waals surface area contributed by atoms with Gasteiger partial charge >= 0.3 is 0 Å². The summed E-state index contributed by atoms with van der Waals surface area (Å²) >= 11 is 0. The third-order valence-electron chi connectivity index (χ3n) is 3.88. The average Bonchev–Trinajstić information content (AvgIpc) is 2.07.